The number of halogens is 1. The maximum atomic E-state index is 12.2. The summed E-state index contributed by atoms with van der Waals surface area (Å²) >= 11 is 0. The van der Waals surface area contributed by atoms with Gasteiger partial charge in [-0.25, -0.2) is 0 Å². The highest BCUT2D eigenvalue weighted by Gasteiger charge is 2.09. The van der Waals surface area contributed by atoms with Crippen LogP contribution in [0.25, 0.3) is 0 Å². The summed E-state index contributed by atoms with van der Waals surface area (Å²) in [5, 5.41) is 5.89. The lowest BCUT2D eigenvalue weighted by atomic mass is 10.2. The van der Waals surface area contributed by atoms with E-state index in [2.05, 4.69) is 21.5 Å². The number of carbonyl (C=O) groups excluding carboxylic acids is 1. The second kappa shape index (κ2) is 12.7. The summed E-state index contributed by atoms with van der Waals surface area (Å²) < 4.78 is 5.46. The molecule has 2 aromatic rings. The Morgan fingerprint density at radius 1 is 1.24 bits per heavy atom. The zero-order chi connectivity index (χ0) is 20.4. The van der Waals surface area contributed by atoms with Crippen molar-refractivity contribution in [2.75, 3.05) is 32.6 Å². The summed E-state index contributed by atoms with van der Waals surface area (Å²) in [6, 6.07) is 15.1. The van der Waals surface area contributed by atoms with Crippen LogP contribution in [0.4, 0.5) is 5.69 Å². The predicted octanol–water partition coefficient (Wildman–Crippen LogP) is 3.33. The molecule has 1 amide bonds. The molecule has 0 aliphatic heterocycles. The van der Waals surface area contributed by atoms with Gasteiger partial charge in [0.25, 0.3) is 0 Å². The number of rotatable bonds is 7. The summed E-state index contributed by atoms with van der Waals surface area (Å²) in [5.41, 5.74) is 2.50. The maximum Gasteiger partial charge on any atom is 0.243 e. The fourth-order valence-electron chi connectivity index (χ4n) is 2.64. The molecule has 0 radical (unpaired) electrons. The second-order valence-corrected chi connectivity index (χ2v) is 6.11. The molecule has 0 spiro atoms. The monoisotopic (exact) mass is 506 g/mol. The molecular formula is C22H27IN4O2. The molecule has 0 aliphatic rings. The standard InChI is InChI=1S/C22H26N4O2.HI/c1-5-17-8-7-9-19(14-17)25-21(27)15-24-22(23-3)26(4)16-18-10-12-20(13-11-18)28-6-2;/h1,7-14H,6,15-16H2,2-4H3,(H,23,24)(H,25,27);1H. The minimum Gasteiger partial charge on any atom is -0.494 e. The highest BCUT2D eigenvalue weighted by atomic mass is 127. The first-order chi connectivity index (χ1) is 13.5. The fraction of sp³-hybridized carbons (Fsp3) is 0.273. The number of terminal acetylenes is 1. The summed E-state index contributed by atoms with van der Waals surface area (Å²) in [4.78, 5) is 18.4. The molecule has 6 nitrogen and oxygen atoms in total. The lowest BCUT2D eigenvalue weighted by Gasteiger charge is -2.22. The number of carbonyl (C=O) groups is 1. The first-order valence-electron chi connectivity index (χ1n) is 9.05. The number of hydrogen-bond acceptors (Lipinski definition) is 3. The van der Waals surface area contributed by atoms with E-state index in [9.17, 15) is 4.79 Å². The van der Waals surface area contributed by atoms with E-state index in [1.165, 1.54) is 0 Å². The van der Waals surface area contributed by atoms with Gasteiger partial charge in [-0.1, -0.05) is 24.1 Å². The lowest BCUT2D eigenvalue weighted by molar-refractivity contribution is -0.115. The van der Waals surface area contributed by atoms with Gasteiger partial charge in [0.2, 0.25) is 5.91 Å². The molecule has 29 heavy (non-hydrogen) atoms. The van der Waals surface area contributed by atoms with Crippen molar-refractivity contribution in [1.82, 2.24) is 10.2 Å². The van der Waals surface area contributed by atoms with Gasteiger partial charge in [-0.05, 0) is 42.8 Å². The van der Waals surface area contributed by atoms with Crippen LogP contribution in [0, 0.1) is 12.3 Å². The van der Waals surface area contributed by atoms with Gasteiger partial charge >= 0.3 is 0 Å². The quantitative estimate of drug-likeness (QED) is 0.262. The lowest BCUT2D eigenvalue weighted by Crippen LogP contribution is -2.42. The average Bonchev–Trinajstić information content (AvgIpc) is 2.70. The first-order valence-corrected chi connectivity index (χ1v) is 9.05. The van der Waals surface area contributed by atoms with Crippen molar-refractivity contribution < 1.29 is 9.53 Å². The number of amides is 1. The van der Waals surface area contributed by atoms with E-state index in [1.54, 1.807) is 19.2 Å². The van der Waals surface area contributed by atoms with Gasteiger partial charge in [0.05, 0.1) is 13.2 Å². The maximum absolute atomic E-state index is 12.2. The number of nitrogens with zero attached hydrogens (tertiary/aromatic N) is 2. The molecule has 0 atom stereocenters. The molecule has 0 fully saturated rings. The molecule has 0 aromatic heterocycles. The highest BCUT2D eigenvalue weighted by molar-refractivity contribution is 14.0. The Bertz CT molecular complexity index is 860. The fourth-order valence-corrected chi connectivity index (χ4v) is 2.64. The SMILES string of the molecule is C#Cc1cccc(NC(=O)CNC(=NC)N(C)Cc2ccc(OCC)cc2)c1.I. The smallest absolute Gasteiger partial charge is 0.243 e. The molecule has 0 unspecified atom stereocenters. The van der Waals surface area contributed by atoms with Gasteiger partial charge < -0.3 is 20.3 Å². The molecule has 0 heterocycles. The second-order valence-electron chi connectivity index (χ2n) is 6.11. The van der Waals surface area contributed by atoms with Gasteiger partial charge in [0.1, 0.15) is 5.75 Å². The van der Waals surface area contributed by atoms with E-state index in [-0.39, 0.29) is 36.4 Å². The van der Waals surface area contributed by atoms with Crippen molar-refractivity contribution in [2.24, 2.45) is 4.99 Å². The van der Waals surface area contributed by atoms with Crippen LogP contribution in [0.3, 0.4) is 0 Å². The van der Waals surface area contributed by atoms with E-state index in [0.717, 1.165) is 16.9 Å². The van der Waals surface area contributed by atoms with Crippen LogP contribution >= 0.6 is 24.0 Å². The third-order valence-electron chi connectivity index (χ3n) is 3.95. The zero-order valence-electron chi connectivity index (χ0n) is 16.9. The van der Waals surface area contributed by atoms with Crippen molar-refractivity contribution in [3.63, 3.8) is 0 Å². The van der Waals surface area contributed by atoms with Crippen LogP contribution in [0.5, 0.6) is 5.75 Å². The van der Waals surface area contributed by atoms with Crippen molar-refractivity contribution in [2.45, 2.75) is 13.5 Å². The summed E-state index contributed by atoms with van der Waals surface area (Å²) in [6.07, 6.45) is 5.38. The number of ether oxygens (including phenoxy) is 1. The highest BCUT2D eigenvalue weighted by Crippen LogP contribution is 2.13. The normalized spacial score (nSPS) is 10.3. The molecule has 0 saturated carbocycles. The minimum absolute atomic E-state index is 0. The predicted molar refractivity (Wildman–Crippen MR) is 129 cm³/mol. The molecule has 0 saturated heterocycles. The number of hydrogen-bond donors (Lipinski definition) is 2. The van der Waals surface area contributed by atoms with Crippen molar-refractivity contribution >= 4 is 41.5 Å². The molecule has 0 bridgehead atoms. The molecule has 2 aromatic carbocycles. The molecule has 154 valence electrons. The summed E-state index contributed by atoms with van der Waals surface area (Å²) in [7, 11) is 3.60. The first kappa shape index (κ1) is 24.3. The van der Waals surface area contributed by atoms with Crippen LogP contribution in [-0.2, 0) is 11.3 Å². The van der Waals surface area contributed by atoms with Gasteiger partial charge in [0, 0.05) is 31.9 Å². The topological polar surface area (TPSA) is 66.0 Å². The number of nitrogens with one attached hydrogen (secondary N) is 2. The van der Waals surface area contributed by atoms with Gasteiger partial charge in [-0.3, -0.25) is 9.79 Å². The minimum atomic E-state index is -0.176. The van der Waals surface area contributed by atoms with Crippen LogP contribution in [0.2, 0.25) is 0 Å². The van der Waals surface area contributed by atoms with Crippen molar-refractivity contribution in [3.8, 4) is 18.1 Å². The van der Waals surface area contributed by atoms with Crippen LogP contribution in [0.15, 0.2) is 53.5 Å². The van der Waals surface area contributed by atoms with Gasteiger partial charge in [0.15, 0.2) is 5.96 Å². The third-order valence-corrected chi connectivity index (χ3v) is 3.95. The number of benzene rings is 2. The Morgan fingerprint density at radius 2 is 1.97 bits per heavy atom. The number of guanidine groups is 1. The molecule has 2 N–H and O–H groups in total. The molecular weight excluding hydrogens is 479 g/mol. The Hall–Kier alpha value is -2.73. The van der Waals surface area contributed by atoms with Crippen LogP contribution in [0.1, 0.15) is 18.1 Å². The Balaban J connectivity index is 0.00000420. The van der Waals surface area contributed by atoms with Crippen molar-refractivity contribution in [3.05, 3.63) is 59.7 Å². The van der Waals surface area contributed by atoms with E-state index < -0.39 is 0 Å². The number of aliphatic imine (C=N–C) groups is 1. The molecule has 0 aliphatic carbocycles. The van der Waals surface area contributed by atoms with E-state index in [4.69, 9.17) is 11.2 Å². The Kier molecular flexibility index (Phi) is 10.6. The van der Waals surface area contributed by atoms with Crippen molar-refractivity contribution in [1.29, 1.82) is 0 Å². The van der Waals surface area contributed by atoms with Gasteiger partial charge in [-0.2, -0.15) is 0 Å². The zero-order valence-corrected chi connectivity index (χ0v) is 19.3. The third kappa shape index (κ3) is 8.03. The van der Waals surface area contributed by atoms with Crippen LogP contribution in [-0.4, -0.2) is 44.0 Å². The average molecular weight is 506 g/mol. The molecule has 2 rings (SSSR count). The van der Waals surface area contributed by atoms with Gasteiger partial charge in [-0.15, -0.1) is 30.4 Å². The van der Waals surface area contributed by atoms with E-state index >= 15 is 0 Å². The Morgan fingerprint density at radius 3 is 2.59 bits per heavy atom. The van der Waals surface area contributed by atoms with E-state index in [0.29, 0.717) is 24.8 Å². The summed E-state index contributed by atoms with van der Waals surface area (Å²) in [5.74, 6) is 3.85. The summed E-state index contributed by atoms with van der Waals surface area (Å²) in [6.45, 7) is 3.35. The van der Waals surface area contributed by atoms with Crippen LogP contribution < -0.4 is 15.4 Å². The molecule has 7 heteroatoms. The Labute approximate surface area is 189 Å². The largest absolute Gasteiger partial charge is 0.494 e. The number of anilines is 1. The van der Waals surface area contributed by atoms with E-state index in [1.807, 2.05) is 55.3 Å².